The molecule has 1 fully saturated rings. The Bertz CT molecular complexity index is 1460. The third kappa shape index (κ3) is 3.31. The minimum Gasteiger partial charge on any atom is -0.395 e. The fraction of sp³-hybridized carbons (Fsp3) is 0.320. The molecule has 0 radical (unpaired) electrons. The number of benzene rings is 1. The summed E-state index contributed by atoms with van der Waals surface area (Å²) in [6.45, 7) is 1.77. The largest absolute Gasteiger partial charge is 0.395 e. The highest BCUT2D eigenvalue weighted by molar-refractivity contribution is 7.16. The number of aromatic amines is 1. The van der Waals surface area contributed by atoms with Crippen LogP contribution < -0.4 is 5.32 Å². The van der Waals surface area contributed by atoms with Crippen molar-refractivity contribution in [1.82, 2.24) is 25.0 Å². The van der Waals surface area contributed by atoms with Crippen LogP contribution in [0, 0.1) is 5.92 Å². The molecule has 3 aromatic heterocycles. The molecule has 3 N–H and O–H groups in total. The highest BCUT2D eigenvalue weighted by Gasteiger charge is 2.36. The van der Waals surface area contributed by atoms with Gasteiger partial charge in [-0.1, -0.05) is 18.2 Å². The SMILES string of the molecule is CN1CCC(Cn2nc(C3=C(c4c[nH]c5sccc45)C(=O)NC3=O)c3ccccc32)CC1CO. The van der Waals surface area contributed by atoms with Gasteiger partial charge in [0.05, 0.1) is 23.3 Å². The standard InChI is InChI=1S/C25H25N5O3S/c1-29-8-6-14(10-15(29)13-31)12-30-19-5-3-2-4-17(19)22(28-30)21-20(23(32)27-24(21)33)18-11-26-25-16(18)7-9-34-25/h2-5,7,9,11,14-15,26,31H,6,8,10,12-13H2,1H3,(H,27,32,33). The van der Waals surface area contributed by atoms with Gasteiger partial charge in [-0.05, 0) is 49.9 Å². The predicted molar refractivity (Wildman–Crippen MR) is 132 cm³/mol. The van der Waals surface area contributed by atoms with Crippen LogP contribution in [0.1, 0.15) is 24.1 Å². The smallest absolute Gasteiger partial charge is 0.261 e. The number of hydrogen-bond donors (Lipinski definition) is 3. The summed E-state index contributed by atoms with van der Waals surface area (Å²) in [7, 11) is 2.05. The van der Waals surface area contributed by atoms with Crippen LogP contribution >= 0.6 is 11.3 Å². The molecule has 34 heavy (non-hydrogen) atoms. The highest BCUT2D eigenvalue weighted by atomic mass is 32.1. The lowest BCUT2D eigenvalue weighted by Crippen LogP contribution is -2.42. The summed E-state index contributed by atoms with van der Waals surface area (Å²) in [5.74, 6) is -0.446. The van der Waals surface area contributed by atoms with Gasteiger partial charge in [-0.15, -0.1) is 11.3 Å². The molecule has 0 bridgehead atoms. The van der Waals surface area contributed by atoms with E-state index in [1.54, 1.807) is 17.5 Å². The van der Waals surface area contributed by atoms with Crippen molar-refractivity contribution in [1.29, 1.82) is 0 Å². The first-order valence-electron chi connectivity index (χ1n) is 11.5. The summed E-state index contributed by atoms with van der Waals surface area (Å²) in [4.78, 5) is 32.3. The number of aliphatic hydroxyl groups excluding tert-OH is 1. The quantitative estimate of drug-likeness (QED) is 0.385. The molecule has 0 aliphatic carbocycles. The van der Waals surface area contributed by atoms with Gasteiger partial charge >= 0.3 is 0 Å². The Morgan fingerprint density at radius 2 is 1.97 bits per heavy atom. The number of carbonyl (C=O) groups excluding carboxylic acids is 2. The molecule has 5 heterocycles. The van der Waals surface area contributed by atoms with E-state index in [1.165, 1.54) is 0 Å². The molecule has 0 spiro atoms. The van der Waals surface area contributed by atoms with Crippen LogP contribution in [-0.4, -0.2) is 62.8 Å². The Morgan fingerprint density at radius 1 is 1.15 bits per heavy atom. The van der Waals surface area contributed by atoms with Gasteiger partial charge in [-0.25, -0.2) is 0 Å². The lowest BCUT2D eigenvalue weighted by Gasteiger charge is -2.36. The third-order valence-corrected chi connectivity index (χ3v) is 8.00. The van der Waals surface area contributed by atoms with Gasteiger partial charge < -0.3 is 15.0 Å². The molecule has 2 unspecified atom stereocenters. The van der Waals surface area contributed by atoms with Crippen molar-refractivity contribution in [3.8, 4) is 0 Å². The van der Waals surface area contributed by atoms with Gasteiger partial charge in [0, 0.05) is 35.1 Å². The van der Waals surface area contributed by atoms with E-state index in [0.29, 0.717) is 34.9 Å². The van der Waals surface area contributed by atoms with E-state index in [2.05, 4.69) is 15.2 Å². The third-order valence-electron chi connectivity index (χ3n) is 7.16. The monoisotopic (exact) mass is 475 g/mol. The summed E-state index contributed by atoms with van der Waals surface area (Å²) in [5.41, 5.74) is 2.87. The first-order chi connectivity index (χ1) is 16.5. The topological polar surface area (TPSA) is 103 Å². The van der Waals surface area contributed by atoms with E-state index in [-0.39, 0.29) is 12.6 Å². The molecule has 8 nitrogen and oxygen atoms in total. The lowest BCUT2D eigenvalue weighted by atomic mass is 9.91. The summed E-state index contributed by atoms with van der Waals surface area (Å²) in [5, 5.41) is 20.9. The molecular weight excluding hydrogens is 450 g/mol. The summed E-state index contributed by atoms with van der Waals surface area (Å²) in [6.07, 6.45) is 3.70. The van der Waals surface area contributed by atoms with E-state index >= 15 is 0 Å². The van der Waals surface area contributed by atoms with Gasteiger partial charge in [0.15, 0.2) is 0 Å². The zero-order valence-electron chi connectivity index (χ0n) is 18.7. The predicted octanol–water partition coefficient (Wildman–Crippen LogP) is 2.85. The minimum atomic E-state index is -0.417. The molecule has 4 aromatic rings. The number of piperidine rings is 1. The second kappa shape index (κ2) is 8.19. The molecule has 1 saturated heterocycles. The maximum atomic E-state index is 13.0. The number of fused-ring (bicyclic) bond motifs is 2. The maximum absolute atomic E-state index is 13.0. The zero-order chi connectivity index (χ0) is 23.4. The average molecular weight is 476 g/mol. The average Bonchev–Trinajstić information content (AvgIpc) is 3.58. The van der Waals surface area contributed by atoms with E-state index in [1.807, 2.05) is 47.4 Å². The van der Waals surface area contributed by atoms with Gasteiger partial charge in [0.2, 0.25) is 0 Å². The number of H-pyrrole nitrogens is 1. The number of nitrogens with one attached hydrogen (secondary N) is 2. The van der Waals surface area contributed by atoms with Crippen LogP contribution in [0.4, 0.5) is 0 Å². The van der Waals surface area contributed by atoms with Crippen molar-refractivity contribution >= 4 is 55.4 Å². The molecule has 9 heteroatoms. The number of likely N-dealkylation sites (tertiary alicyclic amines) is 1. The van der Waals surface area contributed by atoms with Crippen LogP contribution in [0.3, 0.4) is 0 Å². The van der Waals surface area contributed by atoms with Crippen LogP contribution in [0.25, 0.3) is 32.3 Å². The molecule has 1 aromatic carbocycles. The van der Waals surface area contributed by atoms with Crippen molar-refractivity contribution in [3.05, 3.63) is 53.2 Å². The number of thiophene rings is 1. The lowest BCUT2D eigenvalue weighted by molar-refractivity contribution is -0.122. The summed E-state index contributed by atoms with van der Waals surface area (Å²) < 4.78 is 1.97. The minimum absolute atomic E-state index is 0.143. The fourth-order valence-corrected chi connectivity index (χ4v) is 6.09. The molecule has 2 amide bonds. The van der Waals surface area contributed by atoms with Crippen LogP contribution in [0.2, 0.25) is 0 Å². The Labute approximate surface area is 199 Å². The molecule has 0 saturated carbocycles. The Morgan fingerprint density at radius 3 is 2.82 bits per heavy atom. The van der Waals surface area contributed by atoms with Gasteiger partial charge in [-0.3, -0.25) is 19.6 Å². The van der Waals surface area contributed by atoms with E-state index < -0.39 is 11.8 Å². The number of nitrogens with zero attached hydrogens (tertiary/aromatic N) is 3. The normalized spacial score (nSPS) is 21.8. The maximum Gasteiger partial charge on any atom is 0.261 e. The first-order valence-corrected chi connectivity index (χ1v) is 12.3. The van der Waals surface area contributed by atoms with Crippen LogP contribution in [-0.2, 0) is 16.1 Å². The Hall–Kier alpha value is -3.27. The molecule has 2 atom stereocenters. The first kappa shape index (κ1) is 21.3. The number of hydrogen-bond acceptors (Lipinski definition) is 6. The zero-order valence-corrected chi connectivity index (χ0v) is 19.6. The number of aliphatic hydroxyl groups is 1. The van der Waals surface area contributed by atoms with Crippen LogP contribution in [0.15, 0.2) is 41.9 Å². The van der Waals surface area contributed by atoms with Crippen LogP contribution in [0.5, 0.6) is 0 Å². The van der Waals surface area contributed by atoms with Crippen molar-refractivity contribution in [2.75, 3.05) is 20.2 Å². The van der Waals surface area contributed by atoms with Gasteiger partial charge in [0.25, 0.3) is 11.8 Å². The number of aromatic nitrogens is 3. The Balaban J connectivity index is 1.47. The number of imide groups is 1. The van der Waals surface area contributed by atoms with Gasteiger partial charge in [0.1, 0.15) is 10.5 Å². The van der Waals surface area contributed by atoms with Crippen molar-refractivity contribution in [2.24, 2.45) is 5.92 Å². The molecule has 2 aliphatic heterocycles. The summed E-state index contributed by atoms with van der Waals surface area (Å²) >= 11 is 1.56. The van der Waals surface area contributed by atoms with E-state index in [4.69, 9.17) is 5.10 Å². The second-order valence-corrected chi connectivity index (χ2v) is 10.1. The fourth-order valence-electron chi connectivity index (χ4n) is 5.32. The van der Waals surface area contributed by atoms with Crippen molar-refractivity contribution in [3.63, 3.8) is 0 Å². The molecule has 6 rings (SSSR count). The Kier molecular flexibility index (Phi) is 5.13. The highest BCUT2D eigenvalue weighted by Crippen LogP contribution is 2.38. The molecular formula is C25H25N5O3S. The van der Waals surface area contributed by atoms with Gasteiger partial charge in [-0.2, -0.15) is 5.10 Å². The van der Waals surface area contributed by atoms with Crippen molar-refractivity contribution in [2.45, 2.75) is 25.4 Å². The molecule has 174 valence electrons. The number of carbonyl (C=O) groups is 2. The van der Waals surface area contributed by atoms with E-state index in [0.717, 1.165) is 40.5 Å². The summed E-state index contributed by atoms with van der Waals surface area (Å²) in [6, 6.07) is 9.96. The number of amides is 2. The van der Waals surface area contributed by atoms with E-state index in [9.17, 15) is 14.7 Å². The number of rotatable bonds is 5. The molecule has 2 aliphatic rings. The number of para-hydroxylation sites is 1. The number of likely N-dealkylation sites (N-methyl/N-ethyl adjacent to an activating group) is 1. The van der Waals surface area contributed by atoms with Crippen molar-refractivity contribution < 1.29 is 14.7 Å². The second-order valence-electron chi connectivity index (χ2n) is 9.15.